The largest absolute Gasteiger partial charge is 0.349 e. The molecule has 0 aromatic heterocycles. The smallest absolute Gasteiger partial charge is 0.323 e. The number of hydroxylamine groups is 1. The summed E-state index contributed by atoms with van der Waals surface area (Å²) in [4.78, 5) is 20.1. The molecule has 0 aromatic rings. The molecule has 82 valence electrons. The van der Waals surface area contributed by atoms with Crippen molar-refractivity contribution in [2.24, 2.45) is 5.92 Å². The number of rotatable bonds is 5. The molecule has 0 fully saturated rings. The molecule has 0 saturated carbocycles. The van der Waals surface area contributed by atoms with Gasteiger partial charge < -0.3 is 4.89 Å². The predicted octanol–water partition coefficient (Wildman–Crippen LogP) is 1.45. The summed E-state index contributed by atoms with van der Waals surface area (Å²) in [5.41, 5.74) is 2.09. The van der Waals surface area contributed by atoms with E-state index in [-0.39, 0.29) is 17.7 Å². The van der Waals surface area contributed by atoms with Crippen LogP contribution in [0.5, 0.6) is 0 Å². The fourth-order valence-electron chi connectivity index (χ4n) is 0.699. The van der Waals surface area contributed by atoms with Crippen molar-refractivity contribution in [3.63, 3.8) is 0 Å². The van der Waals surface area contributed by atoms with E-state index in [0.717, 1.165) is 0 Å². The van der Waals surface area contributed by atoms with E-state index >= 15 is 0 Å². The average molecular weight is 221 g/mol. The van der Waals surface area contributed by atoms with Gasteiger partial charge in [-0.05, 0) is 12.8 Å². The molecular formula is C8H16NO4P. The van der Waals surface area contributed by atoms with Crippen LogP contribution in [0.25, 0.3) is 0 Å². The summed E-state index contributed by atoms with van der Waals surface area (Å²) < 4.78 is 15.7. The second-order valence-electron chi connectivity index (χ2n) is 3.52. The van der Waals surface area contributed by atoms with Crippen molar-refractivity contribution in [2.75, 3.05) is 6.16 Å². The molecule has 5 nitrogen and oxygen atoms in total. The zero-order valence-corrected chi connectivity index (χ0v) is 9.51. The second-order valence-corrected chi connectivity index (χ2v) is 5.34. The first-order valence-electron chi connectivity index (χ1n) is 4.21. The highest BCUT2D eigenvalue weighted by Gasteiger charge is 2.22. The van der Waals surface area contributed by atoms with Gasteiger partial charge in [-0.25, -0.2) is 5.48 Å². The fourth-order valence-corrected chi connectivity index (χ4v) is 1.92. The molecule has 0 spiro atoms. The van der Waals surface area contributed by atoms with Gasteiger partial charge >= 0.3 is 7.60 Å². The summed E-state index contributed by atoms with van der Waals surface area (Å²) in [6, 6.07) is 0. The Balaban J connectivity index is 4.06. The maximum Gasteiger partial charge on any atom is 0.349 e. The molecule has 0 aromatic carbocycles. The van der Waals surface area contributed by atoms with E-state index in [0.29, 0.717) is 0 Å². The van der Waals surface area contributed by atoms with Gasteiger partial charge in [0.1, 0.15) is 0 Å². The molecule has 0 radical (unpaired) electrons. The van der Waals surface area contributed by atoms with Crippen LogP contribution < -0.4 is 5.48 Å². The summed E-state index contributed by atoms with van der Waals surface area (Å²) in [7, 11) is -3.72. The maximum absolute atomic E-state index is 11.2. The molecule has 14 heavy (non-hydrogen) atoms. The van der Waals surface area contributed by atoms with Crippen LogP contribution in [-0.2, 0) is 14.0 Å². The average Bonchev–Trinajstić information content (AvgIpc) is 1.97. The Kier molecular flexibility index (Phi) is 5.05. The van der Waals surface area contributed by atoms with Crippen LogP contribution >= 0.6 is 7.60 Å². The third-order valence-corrected chi connectivity index (χ3v) is 2.83. The Morgan fingerprint density at radius 1 is 1.64 bits per heavy atom. The zero-order valence-electron chi connectivity index (χ0n) is 8.61. The molecule has 0 aliphatic carbocycles. The third-order valence-electron chi connectivity index (χ3n) is 1.26. The van der Waals surface area contributed by atoms with Crippen LogP contribution in [0.4, 0.5) is 0 Å². The number of nitrogens with one attached hydrogen (secondary N) is 1. The summed E-state index contributed by atoms with van der Waals surface area (Å²) in [5.74, 6) is -0.574. The number of hydrogen-bond donors (Lipinski definition) is 2. The molecule has 0 aliphatic heterocycles. The van der Waals surface area contributed by atoms with E-state index in [4.69, 9.17) is 0 Å². The quantitative estimate of drug-likeness (QED) is 0.418. The van der Waals surface area contributed by atoms with Crippen molar-refractivity contribution in [3.8, 4) is 0 Å². The van der Waals surface area contributed by atoms with E-state index in [1.807, 2.05) is 5.48 Å². The minimum Gasteiger partial charge on any atom is -0.323 e. The van der Waals surface area contributed by atoms with E-state index in [2.05, 4.69) is 11.2 Å². The van der Waals surface area contributed by atoms with Crippen LogP contribution in [0, 0.1) is 5.92 Å². The highest BCUT2D eigenvalue weighted by Crippen LogP contribution is 2.42. The highest BCUT2D eigenvalue weighted by molar-refractivity contribution is 7.52. The van der Waals surface area contributed by atoms with E-state index in [9.17, 15) is 14.3 Å². The van der Waals surface area contributed by atoms with Crippen LogP contribution in [0.2, 0.25) is 0 Å². The molecule has 0 bridgehead atoms. The first-order valence-corrected chi connectivity index (χ1v) is 5.97. The molecule has 1 atom stereocenters. The predicted molar refractivity (Wildman–Crippen MR) is 53.6 cm³/mol. The van der Waals surface area contributed by atoms with Crippen molar-refractivity contribution in [3.05, 3.63) is 12.2 Å². The SMILES string of the molecule is C=C(C)C(=O)NOP(=O)(O)CC(C)C. The number of amides is 1. The molecule has 0 heterocycles. The monoisotopic (exact) mass is 221 g/mol. The lowest BCUT2D eigenvalue weighted by molar-refractivity contribution is -0.124. The highest BCUT2D eigenvalue weighted by atomic mass is 31.2. The number of hydrogen-bond acceptors (Lipinski definition) is 3. The molecular weight excluding hydrogens is 205 g/mol. The third kappa shape index (κ3) is 5.91. The molecule has 0 aliphatic rings. The van der Waals surface area contributed by atoms with Crippen molar-refractivity contribution < 1.29 is 18.9 Å². The van der Waals surface area contributed by atoms with E-state index in [1.165, 1.54) is 6.92 Å². The van der Waals surface area contributed by atoms with Gasteiger partial charge in [0.25, 0.3) is 5.91 Å². The fraction of sp³-hybridized carbons (Fsp3) is 0.625. The molecule has 1 amide bonds. The van der Waals surface area contributed by atoms with Gasteiger partial charge in [-0.1, -0.05) is 20.4 Å². The topological polar surface area (TPSA) is 75.6 Å². The van der Waals surface area contributed by atoms with Crippen molar-refractivity contribution in [1.82, 2.24) is 5.48 Å². The van der Waals surface area contributed by atoms with Gasteiger partial charge in [-0.3, -0.25) is 9.36 Å². The zero-order chi connectivity index (χ0) is 11.4. The van der Waals surface area contributed by atoms with Crippen molar-refractivity contribution >= 4 is 13.5 Å². The lowest BCUT2D eigenvalue weighted by Gasteiger charge is -2.13. The molecule has 2 N–H and O–H groups in total. The lowest BCUT2D eigenvalue weighted by Crippen LogP contribution is -2.23. The van der Waals surface area contributed by atoms with Gasteiger partial charge in [0.15, 0.2) is 0 Å². The summed E-state index contributed by atoms with van der Waals surface area (Å²) in [6.07, 6.45) is 0.00344. The van der Waals surface area contributed by atoms with Crippen LogP contribution in [0.3, 0.4) is 0 Å². The Labute approximate surface area is 83.6 Å². The van der Waals surface area contributed by atoms with Gasteiger partial charge in [-0.15, -0.1) is 0 Å². The van der Waals surface area contributed by atoms with Crippen LogP contribution in [0.1, 0.15) is 20.8 Å². The minimum absolute atomic E-state index is 0.00344. The summed E-state index contributed by atoms with van der Waals surface area (Å²) in [6.45, 7) is 8.40. The maximum atomic E-state index is 11.2. The minimum atomic E-state index is -3.72. The van der Waals surface area contributed by atoms with Crippen molar-refractivity contribution in [2.45, 2.75) is 20.8 Å². The van der Waals surface area contributed by atoms with Gasteiger partial charge in [-0.2, -0.15) is 4.62 Å². The van der Waals surface area contributed by atoms with Crippen molar-refractivity contribution in [1.29, 1.82) is 0 Å². The number of carbonyl (C=O) groups excluding carboxylic acids is 1. The molecule has 0 saturated heterocycles. The molecule has 0 rings (SSSR count). The molecule has 6 heteroatoms. The Hall–Kier alpha value is -0.640. The van der Waals surface area contributed by atoms with E-state index < -0.39 is 13.5 Å². The van der Waals surface area contributed by atoms with Gasteiger partial charge in [0.05, 0.1) is 6.16 Å². The van der Waals surface area contributed by atoms with Gasteiger partial charge in [0.2, 0.25) is 0 Å². The first kappa shape index (κ1) is 13.4. The standard InChI is InChI=1S/C8H16NO4P/c1-6(2)5-14(11,12)13-9-8(10)7(3)4/h6H,3,5H2,1-2,4H3,(H,9,10)(H,11,12). The number of carbonyl (C=O) groups is 1. The lowest BCUT2D eigenvalue weighted by atomic mass is 10.3. The van der Waals surface area contributed by atoms with Gasteiger partial charge in [0, 0.05) is 5.57 Å². The Morgan fingerprint density at radius 3 is 2.50 bits per heavy atom. The second kappa shape index (κ2) is 5.29. The van der Waals surface area contributed by atoms with Crippen LogP contribution in [-0.4, -0.2) is 17.0 Å². The summed E-state index contributed by atoms with van der Waals surface area (Å²) >= 11 is 0. The molecule has 1 unspecified atom stereocenters. The Bertz CT molecular complexity index is 275. The van der Waals surface area contributed by atoms with Crippen LogP contribution in [0.15, 0.2) is 12.2 Å². The normalized spacial score (nSPS) is 14.9. The van der Waals surface area contributed by atoms with E-state index in [1.54, 1.807) is 13.8 Å². The first-order chi connectivity index (χ1) is 6.24. The Morgan fingerprint density at radius 2 is 2.14 bits per heavy atom. The summed E-state index contributed by atoms with van der Waals surface area (Å²) in [5, 5.41) is 0.